The molecule has 0 spiro atoms. The third-order valence-electron chi connectivity index (χ3n) is 7.50. The van der Waals surface area contributed by atoms with E-state index in [0.29, 0.717) is 11.4 Å². The van der Waals surface area contributed by atoms with Crippen LogP contribution in [0.3, 0.4) is 0 Å². The zero-order valence-electron chi connectivity index (χ0n) is 25.5. The molecule has 0 heterocycles. The summed E-state index contributed by atoms with van der Waals surface area (Å²) in [5.41, 5.74) is 2.79. The number of carbonyl (C=O) groups excluding carboxylic acids is 2. The van der Waals surface area contributed by atoms with Crippen molar-refractivity contribution in [1.82, 2.24) is 10.2 Å². The lowest BCUT2D eigenvalue weighted by Gasteiger charge is -2.34. The van der Waals surface area contributed by atoms with Crippen LogP contribution in [0.1, 0.15) is 37.0 Å². The largest absolute Gasteiger partial charge is 0.352 e. The molecule has 0 aliphatic carbocycles. The Morgan fingerprint density at radius 2 is 1.56 bits per heavy atom. The van der Waals surface area contributed by atoms with Crippen LogP contribution in [0.2, 0.25) is 5.02 Å². The lowest BCUT2D eigenvalue weighted by Crippen LogP contribution is -2.54. The first kappa shape index (κ1) is 34.2. The molecule has 0 unspecified atom stereocenters. The molecule has 45 heavy (non-hydrogen) atoms. The first-order valence-corrected chi connectivity index (χ1v) is 17.3. The second-order valence-corrected chi connectivity index (χ2v) is 14.2. The summed E-state index contributed by atoms with van der Waals surface area (Å²) in [6.07, 6.45) is 0.950. The molecular formula is C35H37BrClN3O4S. The van der Waals surface area contributed by atoms with E-state index in [-0.39, 0.29) is 35.5 Å². The molecule has 0 aliphatic heterocycles. The highest BCUT2D eigenvalue weighted by atomic mass is 79.9. The first-order valence-electron chi connectivity index (χ1n) is 14.7. The number of amides is 2. The summed E-state index contributed by atoms with van der Waals surface area (Å²) < 4.78 is 30.1. The fraction of sp³-hybridized carbons (Fsp3) is 0.257. The smallest absolute Gasteiger partial charge is 0.264 e. The number of hydrogen-bond donors (Lipinski definition) is 1. The highest BCUT2D eigenvalue weighted by molar-refractivity contribution is 9.10. The van der Waals surface area contributed by atoms with Gasteiger partial charge in [-0.15, -0.1) is 0 Å². The predicted molar refractivity (Wildman–Crippen MR) is 184 cm³/mol. The van der Waals surface area contributed by atoms with Gasteiger partial charge >= 0.3 is 0 Å². The first-order chi connectivity index (χ1) is 21.5. The Labute approximate surface area is 279 Å². The van der Waals surface area contributed by atoms with Gasteiger partial charge in [0, 0.05) is 28.5 Å². The minimum absolute atomic E-state index is 0.0368. The van der Waals surface area contributed by atoms with Crippen LogP contribution in [0, 0.1) is 6.92 Å². The molecule has 10 heteroatoms. The number of rotatable bonds is 13. The summed E-state index contributed by atoms with van der Waals surface area (Å²) in [7, 11) is -4.20. The molecule has 0 saturated heterocycles. The van der Waals surface area contributed by atoms with Crippen molar-refractivity contribution in [2.45, 2.75) is 57.1 Å². The van der Waals surface area contributed by atoms with Gasteiger partial charge in [-0.2, -0.15) is 0 Å². The van der Waals surface area contributed by atoms with Crippen molar-refractivity contribution in [1.29, 1.82) is 0 Å². The van der Waals surface area contributed by atoms with Gasteiger partial charge in [-0.1, -0.05) is 101 Å². The highest BCUT2D eigenvalue weighted by Crippen LogP contribution is 2.27. The Bertz CT molecular complexity index is 1720. The SMILES string of the molecule is CC[C@@H](C)NC(=O)[C@H](Cc1ccccc1)N(Cc1cccc(Br)c1)C(=O)CN(c1cccc(Cl)c1)S(=O)(=O)c1ccc(C)cc1. The number of halogens is 2. The van der Waals surface area contributed by atoms with Gasteiger partial charge in [0.05, 0.1) is 10.6 Å². The summed E-state index contributed by atoms with van der Waals surface area (Å²) >= 11 is 9.80. The van der Waals surface area contributed by atoms with Crippen LogP contribution in [0.25, 0.3) is 0 Å². The molecule has 236 valence electrons. The van der Waals surface area contributed by atoms with E-state index in [1.54, 1.807) is 30.3 Å². The van der Waals surface area contributed by atoms with Gasteiger partial charge in [0.1, 0.15) is 12.6 Å². The van der Waals surface area contributed by atoms with Crippen LogP contribution in [-0.4, -0.2) is 43.8 Å². The predicted octanol–water partition coefficient (Wildman–Crippen LogP) is 7.16. The zero-order chi connectivity index (χ0) is 32.6. The van der Waals surface area contributed by atoms with Gasteiger partial charge < -0.3 is 10.2 Å². The molecule has 2 amide bonds. The van der Waals surface area contributed by atoms with Gasteiger partial charge in [-0.25, -0.2) is 8.42 Å². The van der Waals surface area contributed by atoms with Crippen molar-refractivity contribution in [3.05, 3.63) is 129 Å². The molecule has 0 aliphatic rings. The average Bonchev–Trinajstić information content (AvgIpc) is 3.02. The molecule has 1 N–H and O–H groups in total. The van der Waals surface area contributed by atoms with E-state index >= 15 is 0 Å². The van der Waals surface area contributed by atoms with E-state index in [1.165, 1.54) is 23.1 Å². The number of nitrogens with one attached hydrogen (secondary N) is 1. The summed E-state index contributed by atoms with van der Waals surface area (Å²) in [4.78, 5) is 29.9. The Balaban J connectivity index is 1.81. The standard InChI is InChI=1S/C35H37BrClN3O4S/c1-4-26(3)38-35(42)33(21-27-10-6-5-7-11-27)39(23-28-12-8-13-29(36)20-28)34(41)24-40(31-15-9-14-30(37)22-31)45(43,44)32-18-16-25(2)17-19-32/h5-20,22,26,33H,4,21,23-24H2,1-3H3,(H,38,42)/t26-,33+/m1/s1. The van der Waals surface area contributed by atoms with E-state index in [0.717, 1.165) is 25.5 Å². The fourth-order valence-electron chi connectivity index (χ4n) is 4.82. The lowest BCUT2D eigenvalue weighted by molar-refractivity contribution is -0.140. The van der Waals surface area contributed by atoms with Crippen LogP contribution in [0.5, 0.6) is 0 Å². The minimum Gasteiger partial charge on any atom is -0.352 e. The topological polar surface area (TPSA) is 86.8 Å². The molecule has 4 aromatic rings. The fourth-order valence-corrected chi connectivity index (χ4v) is 6.86. The third kappa shape index (κ3) is 9.19. The van der Waals surface area contributed by atoms with Crippen LogP contribution in [0.4, 0.5) is 5.69 Å². The average molecular weight is 711 g/mol. The maximum atomic E-state index is 14.5. The van der Waals surface area contributed by atoms with Gasteiger partial charge in [0.2, 0.25) is 11.8 Å². The van der Waals surface area contributed by atoms with Gasteiger partial charge in [-0.05, 0) is 73.9 Å². The summed E-state index contributed by atoms with van der Waals surface area (Å²) in [5.74, 6) is -0.849. The quantitative estimate of drug-likeness (QED) is 0.160. The Morgan fingerprint density at radius 3 is 2.20 bits per heavy atom. The monoisotopic (exact) mass is 709 g/mol. The van der Waals surface area contributed by atoms with Crippen molar-refractivity contribution in [2.75, 3.05) is 10.8 Å². The maximum Gasteiger partial charge on any atom is 0.264 e. The van der Waals surface area contributed by atoms with E-state index in [9.17, 15) is 18.0 Å². The molecule has 2 atom stereocenters. The summed E-state index contributed by atoms with van der Waals surface area (Å²) in [6.45, 7) is 5.28. The molecule has 0 saturated carbocycles. The normalized spacial score (nSPS) is 12.6. The van der Waals surface area contributed by atoms with Crippen LogP contribution >= 0.6 is 27.5 Å². The second-order valence-electron chi connectivity index (χ2n) is 11.0. The molecule has 0 aromatic heterocycles. The maximum absolute atomic E-state index is 14.5. The number of anilines is 1. The van der Waals surface area contributed by atoms with Crippen molar-refractivity contribution in [3.8, 4) is 0 Å². The van der Waals surface area contributed by atoms with Crippen molar-refractivity contribution in [3.63, 3.8) is 0 Å². The number of sulfonamides is 1. The molecule has 0 bridgehead atoms. The molecular weight excluding hydrogens is 674 g/mol. The van der Waals surface area contributed by atoms with Crippen molar-refractivity contribution >= 4 is 55.1 Å². The lowest BCUT2D eigenvalue weighted by atomic mass is 10.0. The third-order valence-corrected chi connectivity index (χ3v) is 10.0. The van der Waals surface area contributed by atoms with Crippen LogP contribution in [-0.2, 0) is 32.6 Å². The Morgan fingerprint density at radius 1 is 0.889 bits per heavy atom. The van der Waals surface area contributed by atoms with E-state index < -0.39 is 28.5 Å². The Kier molecular flexibility index (Phi) is 11.8. The Hall–Kier alpha value is -3.66. The summed E-state index contributed by atoms with van der Waals surface area (Å²) in [5, 5.41) is 3.37. The molecule has 7 nitrogen and oxygen atoms in total. The van der Waals surface area contributed by atoms with Gasteiger partial charge in [0.15, 0.2) is 0 Å². The zero-order valence-corrected chi connectivity index (χ0v) is 28.6. The minimum atomic E-state index is -4.20. The molecule has 4 aromatic carbocycles. The second kappa shape index (κ2) is 15.6. The summed E-state index contributed by atoms with van der Waals surface area (Å²) in [6, 6.07) is 28.7. The van der Waals surface area contributed by atoms with Crippen molar-refractivity contribution in [2.24, 2.45) is 0 Å². The van der Waals surface area contributed by atoms with E-state index in [1.807, 2.05) is 75.4 Å². The molecule has 0 fully saturated rings. The van der Waals surface area contributed by atoms with Crippen LogP contribution in [0.15, 0.2) is 112 Å². The number of hydrogen-bond acceptors (Lipinski definition) is 4. The number of carbonyl (C=O) groups is 2. The van der Waals surface area contributed by atoms with E-state index in [4.69, 9.17) is 11.6 Å². The number of benzene rings is 4. The van der Waals surface area contributed by atoms with Gasteiger partial charge in [0.25, 0.3) is 10.0 Å². The van der Waals surface area contributed by atoms with Crippen molar-refractivity contribution < 1.29 is 18.0 Å². The van der Waals surface area contributed by atoms with Gasteiger partial charge in [-0.3, -0.25) is 13.9 Å². The van der Waals surface area contributed by atoms with E-state index in [2.05, 4.69) is 21.2 Å². The number of aryl methyl sites for hydroxylation is 1. The number of nitrogens with zero attached hydrogens (tertiary/aromatic N) is 2. The highest BCUT2D eigenvalue weighted by Gasteiger charge is 2.35. The molecule has 0 radical (unpaired) electrons. The molecule has 4 rings (SSSR count). The van der Waals surface area contributed by atoms with Crippen LogP contribution < -0.4 is 9.62 Å².